The molecule has 1 aromatic rings. The summed E-state index contributed by atoms with van der Waals surface area (Å²) >= 11 is 0. The maximum atomic E-state index is 3.26. The molecule has 106 valence electrons. The van der Waals surface area contributed by atoms with Crippen LogP contribution in [0.4, 0.5) is 5.69 Å². The van der Waals surface area contributed by atoms with E-state index in [1.54, 1.807) is 0 Å². The van der Waals surface area contributed by atoms with E-state index in [1.165, 1.54) is 23.2 Å². The number of hydrogen-bond donors (Lipinski definition) is 1. The second-order valence-electron chi connectivity index (χ2n) is 5.74. The Morgan fingerprint density at radius 2 is 2.00 bits per heavy atom. The van der Waals surface area contributed by atoms with Gasteiger partial charge in [-0.1, -0.05) is 6.07 Å². The zero-order valence-corrected chi connectivity index (χ0v) is 12.7. The fourth-order valence-electron chi connectivity index (χ4n) is 2.73. The van der Waals surface area contributed by atoms with Crippen molar-refractivity contribution in [3.8, 4) is 0 Å². The molecule has 2 rings (SSSR count). The third-order valence-corrected chi connectivity index (χ3v) is 4.36. The average molecular weight is 261 g/mol. The van der Waals surface area contributed by atoms with Crippen molar-refractivity contribution in [2.45, 2.75) is 26.3 Å². The fraction of sp³-hybridized carbons (Fsp3) is 0.625. The van der Waals surface area contributed by atoms with Crippen LogP contribution in [0, 0.1) is 13.8 Å². The molecule has 1 unspecified atom stereocenters. The number of aryl methyl sites for hydroxylation is 2. The van der Waals surface area contributed by atoms with Gasteiger partial charge < -0.3 is 10.2 Å². The third kappa shape index (κ3) is 3.48. The van der Waals surface area contributed by atoms with Crippen molar-refractivity contribution in [1.82, 2.24) is 10.2 Å². The van der Waals surface area contributed by atoms with Gasteiger partial charge in [-0.3, -0.25) is 4.90 Å². The van der Waals surface area contributed by atoms with Gasteiger partial charge in [-0.2, -0.15) is 0 Å². The Labute approximate surface area is 117 Å². The first-order valence-corrected chi connectivity index (χ1v) is 7.29. The summed E-state index contributed by atoms with van der Waals surface area (Å²) in [6, 6.07) is 7.49. The van der Waals surface area contributed by atoms with Gasteiger partial charge in [0.25, 0.3) is 0 Å². The smallest absolute Gasteiger partial charge is 0.0370 e. The Bertz CT molecular complexity index is 416. The van der Waals surface area contributed by atoms with Gasteiger partial charge >= 0.3 is 0 Å². The maximum Gasteiger partial charge on any atom is 0.0370 e. The van der Waals surface area contributed by atoms with E-state index in [0.29, 0.717) is 6.04 Å². The van der Waals surface area contributed by atoms with E-state index in [0.717, 1.165) is 26.2 Å². The summed E-state index contributed by atoms with van der Waals surface area (Å²) in [5.41, 5.74) is 4.15. The van der Waals surface area contributed by atoms with Crippen molar-refractivity contribution >= 4 is 5.69 Å². The summed E-state index contributed by atoms with van der Waals surface area (Å²) in [5.74, 6) is 0. The Hall–Kier alpha value is -1.06. The summed E-state index contributed by atoms with van der Waals surface area (Å²) < 4.78 is 0. The second-order valence-corrected chi connectivity index (χ2v) is 5.74. The molecule has 0 bridgehead atoms. The van der Waals surface area contributed by atoms with Crippen molar-refractivity contribution in [1.29, 1.82) is 0 Å². The summed E-state index contributed by atoms with van der Waals surface area (Å²) in [6.45, 7) is 8.90. The van der Waals surface area contributed by atoms with Crippen molar-refractivity contribution in [3.63, 3.8) is 0 Å². The normalized spacial score (nSPS) is 20.8. The average Bonchev–Trinajstić information content (AvgIpc) is 2.41. The summed E-state index contributed by atoms with van der Waals surface area (Å²) in [6.07, 6.45) is 1.22. The molecule has 0 saturated carbocycles. The lowest BCUT2D eigenvalue weighted by Gasteiger charge is -2.41. The lowest BCUT2D eigenvalue weighted by molar-refractivity contribution is 0.208. The Morgan fingerprint density at radius 3 is 2.68 bits per heavy atom. The minimum absolute atomic E-state index is 0.655. The molecule has 0 aliphatic carbocycles. The first kappa shape index (κ1) is 14.4. The van der Waals surface area contributed by atoms with Crippen molar-refractivity contribution in [2.75, 3.05) is 45.2 Å². The van der Waals surface area contributed by atoms with Gasteiger partial charge in [-0.05, 0) is 64.2 Å². The van der Waals surface area contributed by atoms with E-state index in [2.05, 4.69) is 54.2 Å². The van der Waals surface area contributed by atoms with Crippen LogP contribution in [-0.2, 0) is 0 Å². The lowest BCUT2D eigenvalue weighted by Crippen LogP contribution is -2.52. The van der Waals surface area contributed by atoms with E-state index in [1.807, 2.05) is 7.05 Å². The van der Waals surface area contributed by atoms with Crippen LogP contribution < -0.4 is 10.2 Å². The van der Waals surface area contributed by atoms with E-state index in [-0.39, 0.29) is 0 Å². The molecule has 0 amide bonds. The number of nitrogens with zero attached hydrogens (tertiary/aromatic N) is 2. The molecule has 0 aromatic heterocycles. The monoisotopic (exact) mass is 261 g/mol. The predicted molar refractivity (Wildman–Crippen MR) is 83.1 cm³/mol. The van der Waals surface area contributed by atoms with Crippen LogP contribution in [0.15, 0.2) is 18.2 Å². The molecule has 1 atom stereocenters. The molecular formula is C16H27N3. The zero-order valence-electron chi connectivity index (χ0n) is 12.7. The van der Waals surface area contributed by atoms with Gasteiger partial charge in [0.15, 0.2) is 0 Å². The highest BCUT2D eigenvalue weighted by molar-refractivity contribution is 5.51. The Kier molecular flexibility index (Phi) is 4.83. The first-order valence-electron chi connectivity index (χ1n) is 7.29. The minimum Gasteiger partial charge on any atom is -0.369 e. The molecule has 1 aliphatic rings. The van der Waals surface area contributed by atoms with Gasteiger partial charge in [0.1, 0.15) is 0 Å². The predicted octanol–water partition coefficient (Wildman–Crippen LogP) is 2.03. The van der Waals surface area contributed by atoms with E-state index in [9.17, 15) is 0 Å². The number of anilines is 1. The maximum absolute atomic E-state index is 3.26. The van der Waals surface area contributed by atoms with Crippen molar-refractivity contribution in [3.05, 3.63) is 29.3 Å². The molecule has 1 fully saturated rings. The topological polar surface area (TPSA) is 18.5 Å². The molecule has 3 heteroatoms. The quantitative estimate of drug-likeness (QED) is 0.895. The van der Waals surface area contributed by atoms with E-state index < -0.39 is 0 Å². The molecule has 3 nitrogen and oxygen atoms in total. The molecule has 1 saturated heterocycles. The number of rotatable bonds is 4. The van der Waals surface area contributed by atoms with Gasteiger partial charge in [0.05, 0.1) is 0 Å². The van der Waals surface area contributed by atoms with Gasteiger partial charge in [-0.15, -0.1) is 0 Å². The zero-order chi connectivity index (χ0) is 13.8. The van der Waals surface area contributed by atoms with Gasteiger partial charge in [0, 0.05) is 31.4 Å². The van der Waals surface area contributed by atoms with Crippen LogP contribution in [0.25, 0.3) is 0 Å². The number of hydrogen-bond acceptors (Lipinski definition) is 3. The minimum atomic E-state index is 0.655. The highest BCUT2D eigenvalue weighted by atomic mass is 15.3. The van der Waals surface area contributed by atoms with Crippen LogP contribution in [0.3, 0.4) is 0 Å². The van der Waals surface area contributed by atoms with Crippen LogP contribution in [-0.4, -0.2) is 51.2 Å². The largest absolute Gasteiger partial charge is 0.369 e. The second kappa shape index (κ2) is 6.40. The number of piperazine rings is 1. The van der Waals surface area contributed by atoms with Crippen molar-refractivity contribution in [2.24, 2.45) is 0 Å². The van der Waals surface area contributed by atoms with Crippen molar-refractivity contribution < 1.29 is 0 Å². The van der Waals surface area contributed by atoms with Gasteiger partial charge in [-0.25, -0.2) is 0 Å². The van der Waals surface area contributed by atoms with E-state index >= 15 is 0 Å². The molecule has 1 aliphatic heterocycles. The fourth-order valence-corrected chi connectivity index (χ4v) is 2.73. The molecule has 0 spiro atoms. The number of likely N-dealkylation sites (N-methyl/N-ethyl adjacent to an activating group) is 1. The Morgan fingerprint density at radius 1 is 1.21 bits per heavy atom. The Balaban J connectivity index is 2.06. The summed E-state index contributed by atoms with van der Waals surface area (Å²) in [7, 11) is 4.28. The molecule has 1 N–H and O–H groups in total. The van der Waals surface area contributed by atoms with Crippen LogP contribution in [0.2, 0.25) is 0 Å². The highest BCUT2D eigenvalue weighted by Crippen LogP contribution is 2.22. The standard InChI is InChI=1S/C16H27N3/c1-13-5-6-15(11-14(13)2)19-10-9-18(4)16(12-19)7-8-17-3/h5-6,11,16-17H,7-10,12H2,1-4H3. The third-order valence-electron chi connectivity index (χ3n) is 4.36. The summed E-state index contributed by atoms with van der Waals surface area (Å²) in [4.78, 5) is 5.03. The molecule has 1 aromatic carbocycles. The number of benzene rings is 1. The molecule has 1 heterocycles. The molecule has 0 radical (unpaired) electrons. The lowest BCUT2D eigenvalue weighted by atomic mass is 10.1. The van der Waals surface area contributed by atoms with E-state index in [4.69, 9.17) is 0 Å². The molecular weight excluding hydrogens is 234 g/mol. The summed E-state index contributed by atoms with van der Waals surface area (Å²) in [5, 5.41) is 3.26. The SMILES string of the molecule is CNCCC1CN(c2ccc(C)c(C)c2)CCN1C. The highest BCUT2D eigenvalue weighted by Gasteiger charge is 2.24. The molecule has 19 heavy (non-hydrogen) atoms. The van der Waals surface area contributed by atoms with Crippen LogP contribution >= 0.6 is 0 Å². The van der Waals surface area contributed by atoms with Crippen LogP contribution in [0.5, 0.6) is 0 Å². The first-order chi connectivity index (χ1) is 9.11. The van der Waals surface area contributed by atoms with Gasteiger partial charge in [0.2, 0.25) is 0 Å². The number of nitrogens with one attached hydrogen (secondary N) is 1. The van der Waals surface area contributed by atoms with Crippen LogP contribution in [0.1, 0.15) is 17.5 Å².